The van der Waals surface area contributed by atoms with Crippen LogP contribution in [0.2, 0.25) is 0 Å². The average Bonchev–Trinajstić information content (AvgIpc) is 2.78. The summed E-state index contributed by atoms with van der Waals surface area (Å²) in [6, 6.07) is 0. The topological polar surface area (TPSA) is 74.7 Å². The first-order valence-electron chi connectivity index (χ1n) is 8.44. The van der Waals surface area contributed by atoms with Gasteiger partial charge in [0.15, 0.2) is 9.84 Å². The first kappa shape index (κ1) is 17.2. The number of carbonyl (C=O) groups is 1. The molecular weight excluding hydrogens is 326 g/mol. The van der Waals surface area contributed by atoms with Crippen LogP contribution in [0.3, 0.4) is 0 Å². The van der Waals surface area contributed by atoms with Gasteiger partial charge >= 0.3 is 0 Å². The molecule has 1 N–H and O–H groups in total. The van der Waals surface area contributed by atoms with Crippen molar-refractivity contribution >= 4 is 15.7 Å². The smallest absolute Gasteiger partial charge is 0.264 e. The Morgan fingerprint density at radius 1 is 1.12 bits per heavy atom. The summed E-state index contributed by atoms with van der Waals surface area (Å²) in [6.45, 7) is 0.205. The minimum atomic E-state index is -3.66. The number of carbonyl (C=O) groups excluding carboxylic acids is 1. The molecule has 0 bridgehead atoms. The van der Waals surface area contributed by atoms with Gasteiger partial charge in [0, 0.05) is 12.5 Å². The second kappa shape index (κ2) is 7.07. The molecule has 3 atom stereocenters. The van der Waals surface area contributed by atoms with Gasteiger partial charge < -0.3 is 0 Å². The van der Waals surface area contributed by atoms with E-state index in [1.807, 2.05) is 24.3 Å². The van der Waals surface area contributed by atoms with E-state index in [1.165, 1.54) is 0 Å². The first-order chi connectivity index (χ1) is 11.5. The molecule has 0 spiro atoms. The highest BCUT2D eigenvalue weighted by molar-refractivity contribution is 7.93. The van der Waals surface area contributed by atoms with Crippen LogP contribution < -0.4 is 0 Å². The zero-order valence-corrected chi connectivity index (χ0v) is 14.4. The van der Waals surface area contributed by atoms with Crippen LogP contribution >= 0.6 is 0 Å². The molecule has 1 saturated heterocycles. The molecule has 2 aliphatic carbocycles. The van der Waals surface area contributed by atoms with Crippen LogP contribution in [0.15, 0.2) is 48.1 Å². The Morgan fingerprint density at radius 3 is 2.62 bits per heavy atom. The van der Waals surface area contributed by atoms with E-state index < -0.39 is 26.2 Å². The van der Waals surface area contributed by atoms with Gasteiger partial charge in [-0.1, -0.05) is 42.5 Å². The van der Waals surface area contributed by atoms with E-state index >= 15 is 0 Å². The second-order valence-corrected chi connectivity index (χ2v) is 8.88. The summed E-state index contributed by atoms with van der Waals surface area (Å²) >= 11 is 0. The summed E-state index contributed by atoms with van der Waals surface area (Å²) in [7, 11) is -3.66. The molecule has 6 heteroatoms. The van der Waals surface area contributed by atoms with Gasteiger partial charge in [0.05, 0.1) is 5.25 Å². The molecule has 130 valence electrons. The Labute approximate surface area is 142 Å². The van der Waals surface area contributed by atoms with Gasteiger partial charge in [0.1, 0.15) is 5.25 Å². The minimum absolute atomic E-state index is 0.205. The van der Waals surface area contributed by atoms with Crippen molar-refractivity contribution in [3.05, 3.63) is 48.1 Å². The molecule has 1 fully saturated rings. The Bertz CT molecular complexity index is 717. The zero-order chi connectivity index (χ0) is 17.2. The number of hydrogen-bond donors (Lipinski definition) is 1. The lowest BCUT2D eigenvalue weighted by Gasteiger charge is -2.25. The number of amides is 1. The van der Waals surface area contributed by atoms with Crippen molar-refractivity contribution in [2.75, 3.05) is 6.54 Å². The third-order valence-corrected chi connectivity index (χ3v) is 7.36. The monoisotopic (exact) mass is 349 g/mol. The van der Waals surface area contributed by atoms with Crippen molar-refractivity contribution in [1.29, 1.82) is 0 Å². The highest BCUT2D eigenvalue weighted by atomic mass is 32.2. The molecule has 0 aromatic rings. The normalized spacial score (nSPS) is 31.0. The first-order valence-corrected chi connectivity index (χ1v) is 10.1. The maximum atomic E-state index is 12.9. The van der Waals surface area contributed by atoms with Crippen LogP contribution in [0.1, 0.15) is 32.1 Å². The molecule has 1 aliphatic heterocycles. The second-order valence-electron chi connectivity index (χ2n) is 6.53. The fourth-order valence-electron chi connectivity index (χ4n) is 3.47. The summed E-state index contributed by atoms with van der Waals surface area (Å²) in [6.07, 6.45) is 16.6. The van der Waals surface area contributed by atoms with Gasteiger partial charge in [-0.2, -0.15) is 0 Å². The molecular formula is C18H23NO4S. The number of hydrogen-bond acceptors (Lipinski definition) is 4. The fraction of sp³-hybridized carbons (Fsp3) is 0.500. The molecule has 0 aromatic carbocycles. The van der Waals surface area contributed by atoms with Crippen molar-refractivity contribution in [3.63, 3.8) is 0 Å². The predicted octanol–water partition coefficient (Wildman–Crippen LogP) is 2.56. The van der Waals surface area contributed by atoms with Gasteiger partial charge in [-0.15, -0.1) is 0 Å². The third-order valence-electron chi connectivity index (χ3n) is 4.93. The largest absolute Gasteiger partial charge is 0.286 e. The van der Waals surface area contributed by atoms with Crippen molar-refractivity contribution < 1.29 is 18.4 Å². The summed E-state index contributed by atoms with van der Waals surface area (Å²) in [5.41, 5.74) is 1.12. The lowest BCUT2D eigenvalue weighted by Crippen LogP contribution is -2.43. The van der Waals surface area contributed by atoms with Crippen LogP contribution in [0.4, 0.5) is 0 Å². The molecule has 3 aliphatic rings. The SMILES string of the molecule is O=C1C(S(=O)(=O)C2C=CC(C3C=CC=CC3)=CC2)CCCCN1O. The number of allylic oxidation sites excluding steroid dienone is 7. The molecule has 0 radical (unpaired) electrons. The quantitative estimate of drug-likeness (QED) is 0.795. The standard InChI is InChI=1S/C18H23NO4S/c20-18-17(8-4-5-13-19(18)21)24(22,23)16-11-9-15(10-12-16)14-6-2-1-3-7-14/h1-3,6,9-11,14,16-17,21H,4-5,7-8,12-13H2. The van der Waals surface area contributed by atoms with E-state index in [0.29, 0.717) is 30.2 Å². The molecule has 0 saturated carbocycles. The highest BCUT2D eigenvalue weighted by Gasteiger charge is 2.40. The van der Waals surface area contributed by atoms with Crippen molar-refractivity contribution in [1.82, 2.24) is 5.06 Å². The molecule has 5 nitrogen and oxygen atoms in total. The van der Waals surface area contributed by atoms with Gasteiger partial charge in [-0.05, 0) is 37.7 Å². The number of sulfone groups is 1. The van der Waals surface area contributed by atoms with Crippen LogP contribution in [-0.4, -0.2) is 41.6 Å². The minimum Gasteiger partial charge on any atom is -0.286 e. The van der Waals surface area contributed by atoms with Crippen molar-refractivity contribution in [2.24, 2.45) is 5.92 Å². The van der Waals surface area contributed by atoms with Gasteiger partial charge in [0.2, 0.25) is 0 Å². The Kier molecular flexibility index (Phi) is 5.06. The lowest BCUT2D eigenvalue weighted by atomic mass is 9.89. The predicted molar refractivity (Wildman–Crippen MR) is 92.1 cm³/mol. The zero-order valence-electron chi connectivity index (χ0n) is 13.5. The Balaban J connectivity index is 1.74. The summed E-state index contributed by atoms with van der Waals surface area (Å²) < 4.78 is 25.7. The molecule has 0 aromatic heterocycles. The molecule has 3 unspecified atom stereocenters. The van der Waals surface area contributed by atoms with E-state index in [1.54, 1.807) is 6.08 Å². The van der Waals surface area contributed by atoms with E-state index in [-0.39, 0.29) is 13.0 Å². The fourth-order valence-corrected chi connectivity index (χ4v) is 5.45. The van der Waals surface area contributed by atoms with E-state index in [0.717, 1.165) is 12.0 Å². The van der Waals surface area contributed by atoms with E-state index in [2.05, 4.69) is 12.2 Å². The number of rotatable bonds is 3. The van der Waals surface area contributed by atoms with Crippen molar-refractivity contribution in [3.8, 4) is 0 Å². The van der Waals surface area contributed by atoms with Crippen LogP contribution in [0, 0.1) is 5.92 Å². The maximum absolute atomic E-state index is 12.9. The number of hydroxylamine groups is 2. The lowest BCUT2D eigenvalue weighted by molar-refractivity contribution is -0.163. The van der Waals surface area contributed by atoms with Crippen LogP contribution in [-0.2, 0) is 14.6 Å². The van der Waals surface area contributed by atoms with Gasteiger partial charge in [0.25, 0.3) is 5.91 Å². The Hall–Kier alpha value is -1.66. The van der Waals surface area contributed by atoms with E-state index in [4.69, 9.17) is 0 Å². The summed E-state index contributed by atoms with van der Waals surface area (Å²) in [5, 5.41) is 8.43. The van der Waals surface area contributed by atoms with E-state index in [9.17, 15) is 18.4 Å². The van der Waals surface area contributed by atoms with Crippen LogP contribution in [0.5, 0.6) is 0 Å². The van der Waals surface area contributed by atoms with Gasteiger partial charge in [-0.3, -0.25) is 10.0 Å². The third kappa shape index (κ3) is 3.39. The molecule has 1 amide bonds. The highest BCUT2D eigenvalue weighted by Crippen LogP contribution is 2.30. The average molecular weight is 349 g/mol. The number of nitrogens with zero attached hydrogens (tertiary/aromatic N) is 1. The van der Waals surface area contributed by atoms with Crippen LogP contribution in [0.25, 0.3) is 0 Å². The molecule has 3 rings (SSSR count). The molecule has 24 heavy (non-hydrogen) atoms. The Morgan fingerprint density at radius 2 is 1.96 bits per heavy atom. The maximum Gasteiger partial charge on any atom is 0.264 e. The molecule has 1 heterocycles. The summed E-state index contributed by atoms with van der Waals surface area (Å²) in [5.74, 6) is -0.390. The van der Waals surface area contributed by atoms with Crippen molar-refractivity contribution in [2.45, 2.75) is 42.6 Å². The van der Waals surface area contributed by atoms with Gasteiger partial charge in [-0.25, -0.2) is 13.5 Å². The summed E-state index contributed by atoms with van der Waals surface area (Å²) in [4.78, 5) is 12.2.